The predicted octanol–water partition coefficient (Wildman–Crippen LogP) is 1.56. The fourth-order valence-corrected chi connectivity index (χ4v) is 6.84. The molecule has 2 aromatic rings. The summed E-state index contributed by atoms with van der Waals surface area (Å²) in [4.78, 5) is 2.67. The first-order valence-electron chi connectivity index (χ1n) is 7.44. The van der Waals surface area contributed by atoms with Crippen LogP contribution < -0.4 is 26.1 Å². The zero-order valence-corrected chi connectivity index (χ0v) is 15.8. The van der Waals surface area contributed by atoms with E-state index in [4.69, 9.17) is 0 Å². The Morgan fingerprint density at radius 2 is 1.90 bits per heavy atom. The second kappa shape index (κ2) is 5.58. The van der Waals surface area contributed by atoms with Crippen molar-refractivity contribution in [3.8, 4) is 0 Å². The normalized spacial score (nSPS) is 24.2. The average Bonchev–Trinajstić information content (AvgIpc) is 2.63. The second-order valence-corrected chi connectivity index (χ2v) is 9.75. The van der Waals surface area contributed by atoms with Crippen molar-refractivity contribution in [3.05, 3.63) is 63.6 Å². The van der Waals surface area contributed by atoms with Crippen molar-refractivity contribution < 1.29 is 21.2 Å². The molecule has 110 valence electrons. The van der Waals surface area contributed by atoms with Gasteiger partial charge >= 0.3 is 146 Å². The standard InChI is InChI=1S/C18H18BrIN/c1-12-14-4-2-3-5-15(14)18-11-20-8-9-21(18)17-7-6-13(19)10-16(12)17/h2-7,10,12,18H,8-9,11H2,1H3/q-1/t12-,18-/m0/s1. The van der Waals surface area contributed by atoms with Crippen LogP contribution in [0.5, 0.6) is 0 Å². The first-order chi connectivity index (χ1) is 10.3. The maximum atomic E-state index is 3.66. The molecule has 1 saturated heterocycles. The van der Waals surface area contributed by atoms with Crippen LogP contribution in [-0.4, -0.2) is 15.4 Å². The van der Waals surface area contributed by atoms with E-state index in [1.807, 2.05) is 0 Å². The van der Waals surface area contributed by atoms with Gasteiger partial charge in [-0.05, 0) is 0 Å². The minimum atomic E-state index is 0.368. The van der Waals surface area contributed by atoms with Crippen LogP contribution in [0.15, 0.2) is 46.9 Å². The molecule has 2 aliphatic heterocycles. The summed E-state index contributed by atoms with van der Waals surface area (Å²) in [6, 6.07) is 16.5. The monoisotopic (exact) mass is 454 g/mol. The quantitative estimate of drug-likeness (QED) is 0.431. The molecular formula is C18H18BrIN-. The van der Waals surface area contributed by atoms with Gasteiger partial charge in [0.1, 0.15) is 0 Å². The van der Waals surface area contributed by atoms with Gasteiger partial charge in [0.05, 0.1) is 0 Å². The second-order valence-electron chi connectivity index (χ2n) is 5.80. The predicted molar refractivity (Wildman–Crippen MR) is 87.9 cm³/mol. The van der Waals surface area contributed by atoms with E-state index < -0.39 is 0 Å². The first-order valence-corrected chi connectivity index (χ1v) is 11.3. The van der Waals surface area contributed by atoms with Gasteiger partial charge in [-0.2, -0.15) is 0 Å². The number of benzene rings is 2. The third kappa shape index (κ3) is 2.33. The molecule has 3 heteroatoms. The Kier molecular flexibility index (Phi) is 3.74. The topological polar surface area (TPSA) is 3.24 Å². The third-order valence-electron chi connectivity index (χ3n) is 4.68. The van der Waals surface area contributed by atoms with Gasteiger partial charge in [0, 0.05) is 0 Å². The van der Waals surface area contributed by atoms with Crippen LogP contribution in [0.2, 0.25) is 0 Å². The van der Waals surface area contributed by atoms with E-state index in [9.17, 15) is 0 Å². The number of fused-ring (bicyclic) bond motifs is 5. The molecular weight excluding hydrogens is 437 g/mol. The maximum absolute atomic E-state index is 3.66. The number of rotatable bonds is 0. The summed E-state index contributed by atoms with van der Waals surface area (Å²) in [5, 5.41) is 0. The summed E-state index contributed by atoms with van der Waals surface area (Å²) in [5.41, 5.74) is 6.02. The van der Waals surface area contributed by atoms with Gasteiger partial charge in [0.2, 0.25) is 0 Å². The zero-order valence-electron chi connectivity index (χ0n) is 12.0. The molecule has 0 unspecified atom stereocenters. The van der Waals surface area contributed by atoms with Crippen LogP contribution in [0, 0.1) is 0 Å². The summed E-state index contributed by atoms with van der Waals surface area (Å²) in [5.74, 6) is 0.470. The van der Waals surface area contributed by atoms with Crippen molar-refractivity contribution in [1.29, 1.82) is 0 Å². The van der Waals surface area contributed by atoms with Crippen molar-refractivity contribution >= 4 is 21.6 Å². The first kappa shape index (κ1) is 14.1. The van der Waals surface area contributed by atoms with Gasteiger partial charge in [0.15, 0.2) is 0 Å². The van der Waals surface area contributed by atoms with E-state index in [1.165, 1.54) is 36.7 Å². The molecule has 0 radical (unpaired) electrons. The van der Waals surface area contributed by atoms with E-state index in [0.717, 1.165) is 0 Å². The Morgan fingerprint density at radius 3 is 2.76 bits per heavy atom. The molecule has 0 aliphatic carbocycles. The number of anilines is 1. The molecule has 1 nitrogen and oxygen atoms in total. The molecule has 0 spiro atoms. The van der Waals surface area contributed by atoms with Crippen molar-refractivity contribution in [2.45, 2.75) is 18.9 Å². The summed E-state index contributed by atoms with van der Waals surface area (Å²) < 4.78 is 3.99. The van der Waals surface area contributed by atoms with Gasteiger partial charge in [-0.1, -0.05) is 0 Å². The number of nitrogens with zero attached hydrogens (tertiary/aromatic N) is 1. The molecule has 2 heterocycles. The van der Waals surface area contributed by atoms with E-state index in [0.29, 0.717) is 33.2 Å². The van der Waals surface area contributed by atoms with E-state index >= 15 is 0 Å². The van der Waals surface area contributed by atoms with Gasteiger partial charge < -0.3 is 0 Å². The molecule has 2 atom stereocenters. The average molecular weight is 455 g/mol. The van der Waals surface area contributed by atoms with Crippen LogP contribution in [0.4, 0.5) is 5.69 Å². The Morgan fingerprint density at radius 1 is 1.10 bits per heavy atom. The Bertz CT molecular complexity index is 685. The van der Waals surface area contributed by atoms with E-state index in [1.54, 1.807) is 5.56 Å². The minimum absolute atomic E-state index is 0.368. The molecule has 0 amide bonds. The SMILES string of the molecule is C[C@H]1c2ccccc2[C@@H]2C[I-]CCN2c2ccc(Br)cc21. The van der Waals surface area contributed by atoms with Crippen molar-refractivity contribution in [2.75, 3.05) is 20.3 Å². The molecule has 2 aromatic carbocycles. The fourth-order valence-electron chi connectivity index (χ4n) is 3.62. The molecule has 0 aromatic heterocycles. The van der Waals surface area contributed by atoms with Gasteiger partial charge in [-0.25, -0.2) is 0 Å². The molecule has 0 saturated carbocycles. The number of halogens is 2. The van der Waals surface area contributed by atoms with E-state index in [-0.39, 0.29) is 0 Å². The summed E-state index contributed by atoms with van der Waals surface area (Å²) in [6.07, 6.45) is 0. The molecule has 0 bridgehead atoms. The summed E-state index contributed by atoms with van der Waals surface area (Å²) in [6.45, 7) is 3.59. The van der Waals surface area contributed by atoms with E-state index in [2.05, 4.69) is 70.2 Å². The zero-order chi connectivity index (χ0) is 14.4. The number of hydrogen-bond donors (Lipinski definition) is 0. The number of hydrogen-bond acceptors (Lipinski definition) is 1. The van der Waals surface area contributed by atoms with Crippen LogP contribution in [0.1, 0.15) is 35.6 Å². The summed E-state index contributed by atoms with van der Waals surface area (Å²) >= 11 is 4.03. The van der Waals surface area contributed by atoms with Crippen LogP contribution in [-0.2, 0) is 0 Å². The number of alkyl halides is 2. The Hall–Kier alpha value is -0.550. The van der Waals surface area contributed by atoms with Gasteiger partial charge in [-0.3, -0.25) is 0 Å². The van der Waals surface area contributed by atoms with Crippen LogP contribution >= 0.6 is 15.9 Å². The Balaban J connectivity index is 1.98. The van der Waals surface area contributed by atoms with Crippen LogP contribution in [0.25, 0.3) is 0 Å². The van der Waals surface area contributed by atoms with Crippen molar-refractivity contribution in [3.63, 3.8) is 0 Å². The van der Waals surface area contributed by atoms with Crippen LogP contribution in [0.3, 0.4) is 0 Å². The Labute approximate surface area is 145 Å². The molecule has 2 aliphatic rings. The molecule has 1 fully saturated rings. The third-order valence-corrected chi connectivity index (χ3v) is 7.87. The molecule has 0 N–H and O–H groups in total. The molecule has 21 heavy (non-hydrogen) atoms. The van der Waals surface area contributed by atoms with Gasteiger partial charge in [0.25, 0.3) is 0 Å². The molecule has 4 rings (SSSR count). The van der Waals surface area contributed by atoms with Crippen molar-refractivity contribution in [1.82, 2.24) is 0 Å². The summed E-state index contributed by atoms with van der Waals surface area (Å²) in [7, 11) is 0. The van der Waals surface area contributed by atoms with Crippen molar-refractivity contribution in [2.24, 2.45) is 0 Å². The fraction of sp³-hybridized carbons (Fsp3) is 0.333. The van der Waals surface area contributed by atoms with Gasteiger partial charge in [-0.15, -0.1) is 0 Å².